The first kappa shape index (κ1) is 29.6. The number of allylic oxidation sites excluding steroid dienone is 1. The van der Waals surface area contributed by atoms with E-state index in [-0.39, 0.29) is 23.3 Å². The van der Waals surface area contributed by atoms with Gasteiger partial charge in [0, 0.05) is 25.2 Å². The standard InChI is InChI=1S/C33H47N3O2/c1-7-10-12-18-35(32(38)30-21-26(23-34-30)22-33(4,5)6)19-13-14-25-16-17-29-27(20-25)24-36(31(29)37)28(9-3)15-11-8-2/h8-9,16-17,20-21,28H,2-3,7,10-15,18-19,22-24H2,1,4-6H3. The van der Waals surface area contributed by atoms with Gasteiger partial charge in [-0.25, -0.2) is 0 Å². The summed E-state index contributed by atoms with van der Waals surface area (Å²) in [5, 5.41) is 0. The minimum Gasteiger partial charge on any atom is -0.337 e. The smallest absolute Gasteiger partial charge is 0.272 e. The highest BCUT2D eigenvalue weighted by Gasteiger charge is 2.31. The summed E-state index contributed by atoms with van der Waals surface area (Å²) in [5.74, 6) is 0.152. The maximum absolute atomic E-state index is 13.4. The van der Waals surface area contributed by atoms with Crippen molar-refractivity contribution in [3.05, 3.63) is 71.8 Å². The van der Waals surface area contributed by atoms with Crippen LogP contribution in [0.4, 0.5) is 0 Å². The highest BCUT2D eigenvalue weighted by atomic mass is 16.2. The third kappa shape index (κ3) is 8.02. The van der Waals surface area contributed by atoms with E-state index in [1.807, 2.05) is 34.1 Å². The first-order valence-electron chi connectivity index (χ1n) is 14.4. The molecule has 0 aromatic heterocycles. The minimum atomic E-state index is 0.0236. The quantitative estimate of drug-likeness (QED) is 0.187. The fraction of sp³-hybridized carbons (Fsp3) is 0.545. The van der Waals surface area contributed by atoms with Gasteiger partial charge < -0.3 is 9.80 Å². The van der Waals surface area contributed by atoms with Crippen LogP contribution in [0.5, 0.6) is 0 Å². The van der Waals surface area contributed by atoms with Gasteiger partial charge in [-0.05, 0) is 72.8 Å². The zero-order chi connectivity index (χ0) is 27.7. The lowest BCUT2D eigenvalue weighted by Gasteiger charge is -2.24. The van der Waals surface area contributed by atoms with Crippen LogP contribution in [0.15, 0.2) is 60.2 Å². The van der Waals surface area contributed by atoms with E-state index in [9.17, 15) is 9.59 Å². The molecule has 1 unspecified atom stereocenters. The predicted octanol–water partition coefficient (Wildman–Crippen LogP) is 6.93. The molecule has 2 aliphatic heterocycles. The van der Waals surface area contributed by atoms with E-state index in [1.165, 1.54) is 11.1 Å². The molecule has 2 aliphatic rings. The molecule has 0 aliphatic carbocycles. The monoisotopic (exact) mass is 517 g/mol. The van der Waals surface area contributed by atoms with Crippen LogP contribution in [-0.4, -0.2) is 53.0 Å². The SMILES string of the molecule is C=CCCC(C=C)N1Cc2cc(CCCN(CCCCC)C(=O)C3=NCC(CC(C)(C)C)=C3)ccc2C1=O. The molecule has 0 N–H and O–H groups in total. The van der Waals surface area contributed by atoms with Crippen LogP contribution in [0.1, 0.15) is 94.1 Å². The number of carbonyl (C=O) groups is 2. The lowest BCUT2D eigenvalue weighted by Crippen LogP contribution is -2.37. The molecule has 3 rings (SSSR count). The van der Waals surface area contributed by atoms with Crippen molar-refractivity contribution in [2.75, 3.05) is 19.6 Å². The molecule has 0 spiro atoms. The van der Waals surface area contributed by atoms with Crippen molar-refractivity contribution < 1.29 is 9.59 Å². The largest absolute Gasteiger partial charge is 0.337 e. The van der Waals surface area contributed by atoms with E-state index in [2.05, 4.69) is 58.0 Å². The maximum atomic E-state index is 13.4. The molecule has 5 nitrogen and oxygen atoms in total. The Hall–Kier alpha value is -2.95. The van der Waals surface area contributed by atoms with Crippen molar-refractivity contribution in [1.29, 1.82) is 0 Å². The topological polar surface area (TPSA) is 53.0 Å². The molecule has 2 amide bonds. The molecule has 0 saturated carbocycles. The average Bonchev–Trinajstić information content (AvgIpc) is 3.46. The molecule has 38 heavy (non-hydrogen) atoms. The first-order valence-corrected chi connectivity index (χ1v) is 14.4. The molecule has 0 saturated heterocycles. The average molecular weight is 518 g/mol. The van der Waals surface area contributed by atoms with E-state index in [0.29, 0.717) is 25.3 Å². The Balaban J connectivity index is 1.61. The number of aliphatic imine (C=N–C) groups is 1. The van der Waals surface area contributed by atoms with Crippen molar-refractivity contribution in [3.63, 3.8) is 0 Å². The molecule has 206 valence electrons. The molecule has 2 heterocycles. The zero-order valence-electron chi connectivity index (χ0n) is 24.1. The Morgan fingerprint density at radius 2 is 1.95 bits per heavy atom. The van der Waals surface area contributed by atoms with Gasteiger partial charge >= 0.3 is 0 Å². The van der Waals surface area contributed by atoms with Crippen LogP contribution in [0.25, 0.3) is 0 Å². The minimum absolute atomic E-state index is 0.0236. The number of hydrogen-bond donors (Lipinski definition) is 0. The molecule has 0 bridgehead atoms. The number of rotatable bonds is 15. The van der Waals surface area contributed by atoms with Crippen molar-refractivity contribution in [3.8, 4) is 0 Å². The first-order chi connectivity index (χ1) is 18.2. The van der Waals surface area contributed by atoms with E-state index in [1.54, 1.807) is 0 Å². The molecular formula is C33H47N3O2. The van der Waals surface area contributed by atoms with Crippen LogP contribution >= 0.6 is 0 Å². The van der Waals surface area contributed by atoms with Crippen LogP contribution < -0.4 is 0 Å². The number of nitrogens with zero attached hydrogens (tertiary/aromatic N) is 3. The number of hydrogen-bond acceptors (Lipinski definition) is 3. The van der Waals surface area contributed by atoms with Gasteiger partial charge in [-0.1, -0.05) is 64.8 Å². The molecule has 1 atom stereocenters. The van der Waals surface area contributed by atoms with Crippen LogP contribution in [-0.2, 0) is 17.8 Å². The van der Waals surface area contributed by atoms with Crippen LogP contribution in [0.3, 0.4) is 0 Å². The van der Waals surface area contributed by atoms with Gasteiger partial charge in [-0.3, -0.25) is 14.6 Å². The number of benzene rings is 1. The number of unbranched alkanes of at least 4 members (excludes halogenated alkanes) is 2. The third-order valence-electron chi connectivity index (χ3n) is 7.32. The Morgan fingerprint density at radius 1 is 1.18 bits per heavy atom. The van der Waals surface area contributed by atoms with Gasteiger partial charge in [0.15, 0.2) is 0 Å². The number of carbonyl (C=O) groups excluding carboxylic acids is 2. The Kier molecular flexibility index (Phi) is 10.7. The summed E-state index contributed by atoms with van der Waals surface area (Å²) in [6, 6.07) is 6.24. The number of aryl methyl sites for hydroxylation is 1. The molecular weight excluding hydrogens is 470 g/mol. The second kappa shape index (κ2) is 13.7. The lowest BCUT2D eigenvalue weighted by molar-refractivity contribution is -0.124. The molecule has 0 radical (unpaired) electrons. The highest BCUT2D eigenvalue weighted by Crippen LogP contribution is 2.28. The third-order valence-corrected chi connectivity index (χ3v) is 7.32. The normalized spacial score (nSPS) is 15.7. The fourth-order valence-electron chi connectivity index (χ4n) is 5.40. The Bertz CT molecular complexity index is 1080. The fourth-order valence-corrected chi connectivity index (χ4v) is 5.40. The highest BCUT2D eigenvalue weighted by molar-refractivity contribution is 6.44. The van der Waals surface area contributed by atoms with Crippen molar-refractivity contribution in [1.82, 2.24) is 9.80 Å². The van der Waals surface area contributed by atoms with Crippen LogP contribution in [0, 0.1) is 5.41 Å². The van der Waals surface area contributed by atoms with Crippen molar-refractivity contribution in [2.24, 2.45) is 10.4 Å². The van der Waals surface area contributed by atoms with Gasteiger partial charge in [0.25, 0.3) is 11.8 Å². The Morgan fingerprint density at radius 3 is 2.63 bits per heavy atom. The summed E-state index contributed by atoms with van der Waals surface area (Å²) in [6.07, 6.45) is 13.5. The second-order valence-electron chi connectivity index (χ2n) is 11.9. The molecule has 1 aromatic rings. The Labute approximate surface area is 230 Å². The van der Waals surface area contributed by atoms with E-state index < -0.39 is 0 Å². The molecule has 1 aromatic carbocycles. The lowest BCUT2D eigenvalue weighted by atomic mass is 9.88. The predicted molar refractivity (Wildman–Crippen MR) is 159 cm³/mol. The van der Waals surface area contributed by atoms with E-state index in [4.69, 9.17) is 0 Å². The van der Waals surface area contributed by atoms with Gasteiger partial charge in [-0.2, -0.15) is 0 Å². The zero-order valence-corrected chi connectivity index (χ0v) is 24.1. The van der Waals surface area contributed by atoms with Gasteiger partial charge in [-0.15, -0.1) is 13.2 Å². The van der Waals surface area contributed by atoms with E-state index >= 15 is 0 Å². The summed E-state index contributed by atoms with van der Waals surface area (Å²) in [7, 11) is 0. The summed E-state index contributed by atoms with van der Waals surface area (Å²) in [6.45, 7) is 19.4. The van der Waals surface area contributed by atoms with Crippen molar-refractivity contribution in [2.45, 2.75) is 91.6 Å². The second-order valence-corrected chi connectivity index (χ2v) is 11.9. The van der Waals surface area contributed by atoms with Crippen LogP contribution in [0.2, 0.25) is 0 Å². The van der Waals surface area contributed by atoms with Gasteiger partial charge in [0.1, 0.15) is 5.71 Å². The van der Waals surface area contributed by atoms with Crippen molar-refractivity contribution >= 4 is 17.5 Å². The van der Waals surface area contributed by atoms with Gasteiger partial charge in [0.2, 0.25) is 0 Å². The molecule has 5 heteroatoms. The molecule has 0 fully saturated rings. The maximum Gasteiger partial charge on any atom is 0.272 e. The van der Waals surface area contributed by atoms with Gasteiger partial charge in [0.05, 0.1) is 12.6 Å². The summed E-state index contributed by atoms with van der Waals surface area (Å²) >= 11 is 0. The summed E-state index contributed by atoms with van der Waals surface area (Å²) < 4.78 is 0. The van der Waals surface area contributed by atoms with E-state index in [0.717, 1.165) is 69.0 Å². The number of fused-ring (bicyclic) bond motifs is 1. The number of amides is 2. The summed E-state index contributed by atoms with van der Waals surface area (Å²) in [5.41, 5.74) is 5.16. The summed E-state index contributed by atoms with van der Waals surface area (Å²) in [4.78, 5) is 34.9.